The van der Waals surface area contributed by atoms with Crippen molar-refractivity contribution in [3.05, 3.63) is 60.2 Å². The van der Waals surface area contributed by atoms with E-state index >= 15 is 0 Å². The van der Waals surface area contributed by atoms with Crippen LogP contribution < -0.4 is 10.4 Å². The summed E-state index contributed by atoms with van der Waals surface area (Å²) in [7, 11) is -12.1. The van der Waals surface area contributed by atoms with Gasteiger partial charge in [-0.2, -0.15) is 4.31 Å². The summed E-state index contributed by atoms with van der Waals surface area (Å²) in [6, 6.07) is 12.7. The van der Waals surface area contributed by atoms with E-state index in [0.29, 0.717) is 13.0 Å². The van der Waals surface area contributed by atoms with Gasteiger partial charge in [0.05, 0.1) is 24.2 Å². The Morgan fingerprint density at radius 2 is 1.81 bits per heavy atom. The number of anilines is 1. The van der Waals surface area contributed by atoms with Gasteiger partial charge >= 0.3 is 22.1 Å². The van der Waals surface area contributed by atoms with Crippen LogP contribution >= 0.6 is 16.0 Å². The normalized spacial score (nSPS) is 17.6. The Kier molecular flexibility index (Phi) is 12.4. The minimum atomic E-state index is -4.61. The number of benzene rings is 2. The van der Waals surface area contributed by atoms with Crippen LogP contribution in [0.2, 0.25) is 0 Å². The number of carbonyl (C=O) groups excluding carboxylic acids is 1. The van der Waals surface area contributed by atoms with Crippen LogP contribution in [0.25, 0.3) is 0 Å². The number of amides is 1. The second kappa shape index (κ2) is 15.3. The van der Waals surface area contributed by atoms with Gasteiger partial charge in [0.15, 0.2) is 6.10 Å². The first-order valence-corrected chi connectivity index (χ1v) is 17.3. The first-order valence-electron chi connectivity index (χ1n) is 13.1. The number of sulfonamides is 1. The Balaban J connectivity index is 1.92. The summed E-state index contributed by atoms with van der Waals surface area (Å²) in [4.78, 5) is 40.6. The van der Waals surface area contributed by atoms with Gasteiger partial charge in [0.2, 0.25) is 10.0 Å². The van der Waals surface area contributed by atoms with Crippen LogP contribution in [-0.4, -0.2) is 78.0 Å². The molecule has 1 aliphatic rings. The van der Waals surface area contributed by atoms with E-state index < -0.39 is 56.9 Å². The lowest BCUT2D eigenvalue weighted by Crippen LogP contribution is -2.52. The van der Waals surface area contributed by atoms with Crippen molar-refractivity contribution in [2.24, 2.45) is 5.92 Å². The molecule has 1 amide bonds. The molecule has 5 N–H and O–H groups in total. The van der Waals surface area contributed by atoms with Crippen molar-refractivity contribution in [2.45, 2.75) is 49.8 Å². The monoisotopic (exact) mass is 648 g/mol. The van der Waals surface area contributed by atoms with Gasteiger partial charge in [-0.25, -0.2) is 17.8 Å². The van der Waals surface area contributed by atoms with Crippen LogP contribution in [0.4, 0.5) is 10.5 Å². The molecule has 2 aromatic rings. The van der Waals surface area contributed by atoms with Crippen LogP contribution in [0, 0.1) is 5.92 Å². The topological polar surface area (TPSA) is 201 Å². The predicted molar refractivity (Wildman–Crippen MR) is 153 cm³/mol. The van der Waals surface area contributed by atoms with Crippen molar-refractivity contribution in [3.8, 4) is 0 Å². The van der Waals surface area contributed by atoms with Crippen LogP contribution in [-0.2, 0) is 39.6 Å². The smallest absolute Gasteiger partial charge is 0.444 e. The van der Waals surface area contributed by atoms with Crippen molar-refractivity contribution in [2.75, 3.05) is 31.4 Å². The molecule has 0 radical (unpaired) electrons. The van der Waals surface area contributed by atoms with E-state index in [9.17, 15) is 27.2 Å². The number of ether oxygens (including phenoxy) is 2. The molecule has 232 valence electrons. The number of nitrogens with zero attached hydrogens (tertiary/aromatic N) is 1. The maximum atomic E-state index is 13.8. The average molecular weight is 649 g/mol. The summed E-state index contributed by atoms with van der Waals surface area (Å²) in [6.07, 6.45) is -1.90. The third kappa shape index (κ3) is 11.0. The zero-order valence-corrected chi connectivity index (χ0v) is 25.7. The van der Waals surface area contributed by atoms with E-state index in [1.54, 1.807) is 44.2 Å². The Morgan fingerprint density at radius 1 is 1.14 bits per heavy atom. The molecule has 3 rings (SSSR count). The van der Waals surface area contributed by atoms with E-state index in [2.05, 4.69) is 5.32 Å². The molecule has 0 aromatic heterocycles. The van der Waals surface area contributed by atoms with Crippen molar-refractivity contribution in [3.63, 3.8) is 0 Å². The molecule has 4 unspecified atom stereocenters. The maximum absolute atomic E-state index is 13.8. The van der Waals surface area contributed by atoms with Crippen molar-refractivity contribution in [1.29, 1.82) is 0 Å². The molecule has 14 nitrogen and oxygen atoms in total. The number of hydrogen-bond acceptors (Lipinski definition) is 8. The lowest BCUT2D eigenvalue weighted by molar-refractivity contribution is 0.0689. The highest BCUT2D eigenvalue weighted by molar-refractivity contribution is 7.89. The minimum Gasteiger partial charge on any atom is -0.444 e. The third-order valence-electron chi connectivity index (χ3n) is 6.16. The van der Waals surface area contributed by atoms with Gasteiger partial charge in [-0.3, -0.25) is 5.09 Å². The van der Waals surface area contributed by atoms with Gasteiger partial charge in [0, 0.05) is 29.8 Å². The molecule has 4 atom stereocenters. The van der Waals surface area contributed by atoms with Crippen molar-refractivity contribution in [1.82, 2.24) is 9.62 Å². The molecule has 0 saturated carbocycles. The Morgan fingerprint density at radius 3 is 2.36 bits per heavy atom. The summed E-state index contributed by atoms with van der Waals surface area (Å²) >= 11 is 0. The summed E-state index contributed by atoms with van der Waals surface area (Å²) in [6.45, 7) is 3.85. The fourth-order valence-electron chi connectivity index (χ4n) is 4.33. The highest BCUT2D eigenvalue weighted by Crippen LogP contribution is 2.35. The average Bonchev–Trinajstić information content (AvgIpc) is 3.40. The fraction of sp³-hybridized carbons (Fsp3) is 0.480. The van der Waals surface area contributed by atoms with Gasteiger partial charge in [-0.15, -0.1) is 9.42 Å². The molecule has 1 saturated heterocycles. The molecular formula is C25H36N3O11P2S+. The van der Waals surface area contributed by atoms with E-state index in [1.165, 1.54) is 24.3 Å². The summed E-state index contributed by atoms with van der Waals surface area (Å²) in [5.41, 5.74) is 0.759. The molecule has 42 heavy (non-hydrogen) atoms. The van der Waals surface area contributed by atoms with Gasteiger partial charge in [0.25, 0.3) is 0 Å². The Hall–Kier alpha value is -2.45. The molecule has 0 spiro atoms. The summed E-state index contributed by atoms with van der Waals surface area (Å²) in [5.74, 6) is -0.174. The molecular weight excluding hydrogens is 612 g/mol. The third-order valence-corrected chi connectivity index (χ3v) is 9.00. The van der Waals surface area contributed by atoms with E-state index in [1.807, 2.05) is 5.09 Å². The molecule has 2 aromatic carbocycles. The standard InChI is InChI=1S/C25H35N3O11P2S/c1-18(2)15-28(42(35,36)22-10-8-20(9-11-22)27-41(32,33)34)16-24(39-40(30)31)23(14-19-6-4-3-5-7-19)26-25(29)38-21-12-13-37-17-21/h3-11,18,21,23-24H,12-17H2,1-2H3,(H4-,26,27,29,30,31,32,33,34)/p+1. The lowest BCUT2D eigenvalue weighted by atomic mass is 10.0. The molecule has 0 aliphatic carbocycles. The van der Waals surface area contributed by atoms with Crippen LogP contribution in [0.5, 0.6) is 0 Å². The van der Waals surface area contributed by atoms with Gasteiger partial charge in [-0.1, -0.05) is 44.2 Å². The first-order chi connectivity index (χ1) is 19.7. The van der Waals surface area contributed by atoms with Crippen molar-refractivity contribution >= 4 is 37.8 Å². The molecule has 17 heteroatoms. The summed E-state index contributed by atoms with van der Waals surface area (Å²) < 4.78 is 67.8. The van der Waals surface area contributed by atoms with Gasteiger partial charge in [-0.05, 0) is 42.2 Å². The first kappa shape index (κ1) is 34.0. The van der Waals surface area contributed by atoms with E-state index in [0.717, 1.165) is 9.87 Å². The number of nitrogens with one attached hydrogen (secondary N) is 2. The zero-order valence-electron chi connectivity index (χ0n) is 23.1. The highest BCUT2D eigenvalue weighted by Gasteiger charge is 2.38. The van der Waals surface area contributed by atoms with Crippen LogP contribution in [0.15, 0.2) is 59.5 Å². The molecule has 1 fully saturated rings. The zero-order chi connectivity index (χ0) is 30.9. The second-order valence-corrected chi connectivity index (χ2v) is 14.0. The SMILES string of the molecule is CC(C)CN(CC(O[P+](=O)O)C(Cc1ccccc1)NC(=O)OC1CCOC1)S(=O)(=O)c1ccc(NP(=O)(O)O)cc1. The molecule has 1 aliphatic heterocycles. The number of alkyl carbamates (subject to hydrolysis) is 1. The summed E-state index contributed by atoms with van der Waals surface area (Å²) in [5, 5.41) is 4.67. The predicted octanol–water partition coefficient (Wildman–Crippen LogP) is 3.00. The molecule has 1 heterocycles. The van der Waals surface area contributed by atoms with Crippen LogP contribution in [0.1, 0.15) is 25.8 Å². The quantitative estimate of drug-likeness (QED) is 0.177. The molecule has 0 bridgehead atoms. The highest BCUT2D eigenvalue weighted by atomic mass is 32.2. The van der Waals surface area contributed by atoms with Gasteiger partial charge in [0.1, 0.15) is 6.10 Å². The van der Waals surface area contributed by atoms with Gasteiger partial charge < -0.3 is 24.6 Å². The Labute approximate surface area is 245 Å². The number of carbonyl (C=O) groups is 1. The van der Waals surface area contributed by atoms with Crippen LogP contribution in [0.3, 0.4) is 0 Å². The second-order valence-electron chi connectivity index (χ2n) is 10.1. The number of rotatable bonds is 15. The van der Waals surface area contributed by atoms with Crippen molar-refractivity contribution < 1.29 is 51.0 Å². The Bertz CT molecular complexity index is 1340. The fourth-order valence-corrected chi connectivity index (χ4v) is 6.88. The number of hydrogen-bond donors (Lipinski definition) is 5. The largest absolute Gasteiger partial charge is 0.695 e. The van der Waals surface area contributed by atoms with E-state index in [-0.39, 0.29) is 36.1 Å². The lowest BCUT2D eigenvalue weighted by Gasteiger charge is -2.30. The van der Waals surface area contributed by atoms with E-state index in [4.69, 9.17) is 23.8 Å². The maximum Gasteiger partial charge on any atom is 0.695 e. The minimum absolute atomic E-state index is 0.00515.